The van der Waals surface area contributed by atoms with E-state index in [9.17, 15) is 0 Å². The molecular weight excluding hydrogens is 212 g/mol. The van der Waals surface area contributed by atoms with Gasteiger partial charge in [0.2, 0.25) is 0 Å². The molecular formula is C14H20N2O. The first-order valence-electron chi connectivity index (χ1n) is 6.58. The Kier molecular flexibility index (Phi) is 2.89. The van der Waals surface area contributed by atoms with Crippen LogP contribution in [0.5, 0.6) is 0 Å². The van der Waals surface area contributed by atoms with Crippen molar-refractivity contribution in [3.05, 3.63) is 29.6 Å². The van der Waals surface area contributed by atoms with Gasteiger partial charge in [0.1, 0.15) is 0 Å². The predicted molar refractivity (Wildman–Crippen MR) is 66.8 cm³/mol. The van der Waals surface area contributed by atoms with Gasteiger partial charge in [0.05, 0.1) is 6.10 Å². The monoisotopic (exact) mass is 232 g/mol. The van der Waals surface area contributed by atoms with Crippen LogP contribution >= 0.6 is 0 Å². The molecule has 0 saturated carbocycles. The van der Waals surface area contributed by atoms with E-state index in [-0.39, 0.29) is 6.04 Å². The third-order valence-corrected chi connectivity index (χ3v) is 4.40. The highest BCUT2D eigenvalue weighted by Gasteiger charge is 2.37. The Morgan fingerprint density at radius 2 is 2.35 bits per heavy atom. The normalized spacial score (nSPS) is 33.6. The number of nitrogens with two attached hydrogens (primary N) is 1. The number of hydrogen-bond acceptors (Lipinski definition) is 3. The lowest BCUT2D eigenvalue weighted by Gasteiger charge is -2.27. The zero-order chi connectivity index (χ0) is 11.8. The van der Waals surface area contributed by atoms with Crippen molar-refractivity contribution in [1.82, 2.24) is 4.98 Å². The Balaban J connectivity index is 1.82. The second-order valence-electron chi connectivity index (χ2n) is 5.30. The maximum absolute atomic E-state index is 6.47. The molecule has 2 heterocycles. The molecule has 0 bridgehead atoms. The van der Waals surface area contributed by atoms with Gasteiger partial charge in [-0.3, -0.25) is 4.98 Å². The van der Waals surface area contributed by atoms with Gasteiger partial charge in [-0.25, -0.2) is 0 Å². The molecule has 1 aliphatic carbocycles. The Morgan fingerprint density at radius 3 is 3.12 bits per heavy atom. The Labute approximate surface area is 102 Å². The number of hydrogen-bond donors (Lipinski definition) is 1. The lowest BCUT2D eigenvalue weighted by molar-refractivity contribution is 0.0965. The van der Waals surface area contributed by atoms with Gasteiger partial charge < -0.3 is 10.5 Å². The van der Waals surface area contributed by atoms with Crippen molar-refractivity contribution in [2.75, 3.05) is 6.61 Å². The molecule has 0 aromatic carbocycles. The number of fused-ring (bicyclic) bond motifs is 1. The zero-order valence-corrected chi connectivity index (χ0v) is 10.3. The van der Waals surface area contributed by atoms with Crippen molar-refractivity contribution in [3.8, 4) is 0 Å². The number of aromatic nitrogens is 1. The maximum atomic E-state index is 6.47. The molecule has 2 aliphatic rings. The van der Waals surface area contributed by atoms with Crippen LogP contribution < -0.4 is 5.73 Å². The van der Waals surface area contributed by atoms with Gasteiger partial charge >= 0.3 is 0 Å². The van der Waals surface area contributed by atoms with Crippen LogP contribution in [-0.4, -0.2) is 23.7 Å². The summed E-state index contributed by atoms with van der Waals surface area (Å²) in [4.78, 5) is 4.54. The van der Waals surface area contributed by atoms with E-state index in [1.807, 2.05) is 12.3 Å². The SMILES string of the molecule is CC1OCCC1C(N)C1CCc2cccnc21. The molecule has 3 heteroatoms. The van der Waals surface area contributed by atoms with Crippen LogP contribution in [0.15, 0.2) is 18.3 Å². The second-order valence-corrected chi connectivity index (χ2v) is 5.30. The molecule has 4 unspecified atom stereocenters. The van der Waals surface area contributed by atoms with E-state index in [0.29, 0.717) is 17.9 Å². The van der Waals surface area contributed by atoms with Gasteiger partial charge in [0, 0.05) is 36.4 Å². The molecule has 3 rings (SSSR count). The van der Waals surface area contributed by atoms with Crippen molar-refractivity contribution in [2.24, 2.45) is 11.7 Å². The zero-order valence-electron chi connectivity index (χ0n) is 10.3. The molecule has 0 amide bonds. The largest absolute Gasteiger partial charge is 0.378 e. The predicted octanol–water partition coefficient (Wildman–Crippen LogP) is 1.86. The van der Waals surface area contributed by atoms with Gasteiger partial charge in [0.25, 0.3) is 0 Å². The lowest BCUT2D eigenvalue weighted by Crippen LogP contribution is -2.39. The van der Waals surface area contributed by atoms with Crippen molar-refractivity contribution in [1.29, 1.82) is 0 Å². The maximum Gasteiger partial charge on any atom is 0.0591 e. The number of ether oxygens (including phenoxy) is 1. The molecule has 1 fully saturated rings. The smallest absolute Gasteiger partial charge is 0.0591 e. The molecule has 0 radical (unpaired) electrons. The van der Waals surface area contributed by atoms with E-state index in [1.165, 1.54) is 11.3 Å². The summed E-state index contributed by atoms with van der Waals surface area (Å²) in [6.45, 7) is 3.01. The topological polar surface area (TPSA) is 48.1 Å². The summed E-state index contributed by atoms with van der Waals surface area (Å²) in [5.74, 6) is 0.924. The van der Waals surface area contributed by atoms with Crippen LogP contribution in [0.3, 0.4) is 0 Å². The summed E-state index contributed by atoms with van der Waals surface area (Å²) in [6, 6.07) is 4.40. The molecule has 17 heavy (non-hydrogen) atoms. The van der Waals surface area contributed by atoms with E-state index >= 15 is 0 Å². The minimum atomic E-state index is 0.198. The first kappa shape index (κ1) is 11.2. The van der Waals surface area contributed by atoms with Crippen molar-refractivity contribution >= 4 is 0 Å². The third kappa shape index (κ3) is 1.87. The van der Waals surface area contributed by atoms with Crippen LogP contribution in [0.1, 0.15) is 36.9 Å². The van der Waals surface area contributed by atoms with E-state index in [4.69, 9.17) is 10.5 Å². The fraction of sp³-hybridized carbons (Fsp3) is 0.643. The van der Waals surface area contributed by atoms with E-state index in [2.05, 4.69) is 18.0 Å². The van der Waals surface area contributed by atoms with Crippen LogP contribution in [0.2, 0.25) is 0 Å². The van der Waals surface area contributed by atoms with Gasteiger partial charge in [0.15, 0.2) is 0 Å². The van der Waals surface area contributed by atoms with Crippen LogP contribution in [0.25, 0.3) is 0 Å². The highest BCUT2D eigenvalue weighted by molar-refractivity contribution is 5.30. The lowest BCUT2D eigenvalue weighted by atomic mass is 9.83. The highest BCUT2D eigenvalue weighted by Crippen LogP contribution is 2.38. The van der Waals surface area contributed by atoms with Gasteiger partial charge in [-0.15, -0.1) is 0 Å². The van der Waals surface area contributed by atoms with Crippen LogP contribution in [0, 0.1) is 5.92 Å². The van der Waals surface area contributed by atoms with Crippen LogP contribution in [-0.2, 0) is 11.2 Å². The molecule has 1 saturated heterocycles. The quantitative estimate of drug-likeness (QED) is 0.846. The van der Waals surface area contributed by atoms with Gasteiger partial charge in [-0.05, 0) is 37.8 Å². The summed E-state index contributed by atoms with van der Waals surface area (Å²) < 4.78 is 5.63. The standard InChI is InChI=1S/C14H20N2O/c1-9-11(6-8-17-9)13(15)12-5-4-10-3-2-7-16-14(10)12/h2-3,7,9,11-13H,4-6,8,15H2,1H3. The highest BCUT2D eigenvalue weighted by atomic mass is 16.5. The first-order valence-corrected chi connectivity index (χ1v) is 6.58. The Hall–Kier alpha value is -0.930. The molecule has 92 valence electrons. The second kappa shape index (κ2) is 4.39. The molecule has 1 aromatic heterocycles. The van der Waals surface area contributed by atoms with Crippen LogP contribution in [0.4, 0.5) is 0 Å². The summed E-state index contributed by atoms with van der Waals surface area (Å²) in [7, 11) is 0. The van der Waals surface area contributed by atoms with Gasteiger partial charge in [-0.1, -0.05) is 6.07 Å². The van der Waals surface area contributed by atoms with Gasteiger partial charge in [-0.2, -0.15) is 0 Å². The first-order chi connectivity index (χ1) is 8.27. The fourth-order valence-electron chi connectivity index (χ4n) is 3.37. The Bertz CT molecular complexity index is 407. The summed E-state index contributed by atoms with van der Waals surface area (Å²) in [5.41, 5.74) is 9.09. The van der Waals surface area contributed by atoms with E-state index < -0.39 is 0 Å². The van der Waals surface area contributed by atoms with Crippen molar-refractivity contribution in [2.45, 2.75) is 44.2 Å². The average Bonchev–Trinajstić information content (AvgIpc) is 2.94. The summed E-state index contributed by atoms with van der Waals surface area (Å²) in [5, 5.41) is 0. The number of rotatable bonds is 2. The van der Waals surface area contributed by atoms with Crippen molar-refractivity contribution < 1.29 is 4.74 Å². The average molecular weight is 232 g/mol. The van der Waals surface area contributed by atoms with Crippen molar-refractivity contribution in [3.63, 3.8) is 0 Å². The Morgan fingerprint density at radius 1 is 1.47 bits per heavy atom. The molecule has 4 atom stereocenters. The third-order valence-electron chi connectivity index (χ3n) is 4.40. The number of nitrogens with zero attached hydrogens (tertiary/aromatic N) is 1. The number of aryl methyl sites for hydroxylation is 1. The molecule has 1 aromatic rings. The molecule has 0 spiro atoms. The number of pyridine rings is 1. The van der Waals surface area contributed by atoms with E-state index in [0.717, 1.165) is 25.9 Å². The molecule has 3 nitrogen and oxygen atoms in total. The minimum Gasteiger partial charge on any atom is -0.378 e. The molecule has 1 aliphatic heterocycles. The summed E-state index contributed by atoms with van der Waals surface area (Å²) in [6.07, 6.45) is 5.57. The molecule has 2 N–H and O–H groups in total. The fourth-order valence-corrected chi connectivity index (χ4v) is 3.37. The minimum absolute atomic E-state index is 0.198. The van der Waals surface area contributed by atoms with E-state index in [1.54, 1.807) is 0 Å². The summed E-state index contributed by atoms with van der Waals surface area (Å²) >= 11 is 0.